The average Bonchev–Trinajstić information content (AvgIpc) is 2.61. The third-order valence-electron chi connectivity index (χ3n) is 4.24. The quantitative estimate of drug-likeness (QED) is 0.137. The summed E-state index contributed by atoms with van der Waals surface area (Å²) in [6.07, 6.45) is 20.4. The molecule has 0 N–H and O–H groups in total. The number of carbonyl (C=O) groups excluding carboxylic acids is 1. The minimum atomic E-state index is -4.98. The number of rotatable bonds is 19. The number of hydrogen-bond acceptors (Lipinski definition) is 6. The van der Waals surface area contributed by atoms with Crippen molar-refractivity contribution >= 4 is 13.8 Å². The van der Waals surface area contributed by atoms with E-state index < -0.39 is 14.4 Å². The van der Waals surface area contributed by atoms with E-state index in [1.165, 1.54) is 51.4 Å². The van der Waals surface area contributed by atoms with Crippen LogP contribution < -0.4 is 9.79 Å². The molecule has 0 saturated carbocycles. The standard InChI is InChI=1S/C20H39O6P/c1-2-3-4-5-6-7-8-9-10-11-12-13-14-15-16-17-20(21)25-18-19-26-27(22,23)24/h9-10H,2-8,11-19H2,1H3,(H2,22,23,24)/p-2/b10-9-. The van der Waals surface area contributed by atoms with Crippen LogP contribution in [0.3, 0.4) is 0 Å². The Morgan fingerprint density at radius 3 is 1.89 bits per heavy atom. The average molecular weight is 404 g/mol. The molecule has 0 unspecified atom stereocenters. The number of phosphoric ester groups is 1. The van der Waals surface area contributed by atoms with Gasteiger partial charge in [-0.3, -0.25) is 4.79 Å². The van der Waals surface area contributed by atoms with Gasteiger partial charge in [-0.2, -0.15) is 0 Å². The molecule has 160 valence electrons. The van der Waals surface area contributed by atoms with Gasteiger partial charge in [-0.1, -0.05) is 70.4 Å². The number of hydrogen-bond donors (Lipinski definition) is 0. The first-order chi connectivity index (χ1) is 13.0. The first-order valence-corrected chi connectivity index (χ1v) is 11.9. The van der Waals surface area contributed by atoms with Crippen molar-refractivity contribution in [3.05, 3.63) is 12.2 Å². The molecule has 0 amide bonds. The zero-order chi connectivity index (χ0) is 20.2. The van der Waals surface area contributed by atoms with Crippen LogP contribution in [0.2, 0.25) is 0 Å². The number of carbonyl (C=O) groups is 1. The van der Waals surface area contributed by atoms with Gasteiger partial charge < -0.3 is 23.6 Å². The van der Waals surface area contributed by atoms with E-state index in [-0.39, 0.29) is 12.6 Å². The van der Waals surface area contributed by atoms with Gasteiger partial charge in [0.1, 0.15) is 6.61 Å². The summed E-state index contributed by atoms with van der Waals surface area (Å²) in [4.78, 5) is 31.8. The summed E-state index contributed by atoms with van der Waals surface area (Å²) in [5.74, 6) is -0.386. The summed E-state index contributed by atoms with van der Waals surface area (Å²) in [6.45, 7) is 1.62. The molecular formula is C20H37O6P-2. The lowest BCUT2D eigenvalue weighted by Crippen LogP contribution is -2.19. The van der Waals surface area contributed by atoms with E-state index in [9.17, 15) is 19.1 Å². The lowest BCUT2D eigenvalue weighted by Gasteiger charge is -2.28. The smallest absolute Gasteiger partial charge is 0.305 e. The van der Waals surface area contributed by atoms with Crippen LogP contribution in [0.15, 0.2) is 12.2 Å². The molecule has 0 aromatic heterocycles. The molecule has 0 heterocycles. The van der Waals surface area contributed by atoms with Gasteiger partial charge in [0.15, 0.2) is 0 Å². The second-order valence-electron chi connectivity index (χ2n) is 6.84. The molecule has 27 heavy (non-hydrogen) atoms. The predicted octanol–water partition coefficient (Wildman–Crippen LogP) is 4.41. The van der Waals surface area contributed by atoms with Crippen molar-refractivity contribution in [3.63, 3.8) is 0 Å². The van der Waals surface area contributed by atoms with Gasteiger partial charge in [-0.25, -0.2) is 0 Å². The van der Waals surface area contributed by atoms with E-state index >= 15 is 0 Å². The van der Waals surface area contributed by atoms with Gasteiger partial charge in [0.05, 0.1) is 14.4 Å². The Balaban J connectivity index is 3.27. The molecule has 0 aliphatic rings. The van der Waals surface area contributed by atoms with Crippen LogP contribution in [0.25, 0.3) is 0 Å². The van der Waals surface area contributed by atoms with Crippen molar-refractivity contribution in [2.45, 2.75) is 96.8 Å². The van der Waals surface area contributed by atoms with Crippen molar-refractivity contribution in [3.8, 4) is 0 Å². The minimum absolute atomic E-state index is 0.210. The molecule has 0 aliphatic carbocycles. The molecule has 7 heteroatoms. The summed E-state index contributed by atoms with van der Waals surface area (Å²) in [5, 5.41) is 0. The maximum atomic E-state index is 11.4. The van der Waals surface area contributed by atoms with Crippen molar-refractivity contribution in [2.75, 3.05) is 13.2 Å². The van der Waals surface area contributed by atoms with Crippen LogP contribution in [-0.2, 0) is 18.6 Å². The van der Waals surface area contributed by atoms with E-state index in [1.807, 2.05) is 0 Å². The zero-order valence-corrected chi connectivity index (χ0v) is 17.8. The highest BCUT2D eigenvalue weighted by Crippen LogP contribution is 2.23. The second-order valence-corrected chi connectivity index (χ2v) is 7.99. The summed E-state index contributed by atoms with van der Waals surface area (Å²) in [5.41, 5.74) is 0. The van der Waals surface area contributed by atoms with Gasteiger partial charge in [-0.05, 0) is 32.1 Å². The van der Waals surface area contributed by atoms with E-state index in [0.717, 1.165) is 32.1 Å². The van der Waals surface area contributed by atoms with Gasteiger partial charge in [0, 0.05) is 6.42 Å². The monoisotopic (exact) mass is 404 g/mol. The molecule has 0 atom stereocenters. The molecule has 0 rings (SSSR count). The van der Waals surface area contributed by atoms with Crippen LogP contribution >= 0.6 is 7.82 Å². The molecule has 6 nitrogen and oxygen atoms in total. The van der Waals surface area contributed by atoms with Crippen LogP contribution in [0.1, 0.15) is 96.8 Å². The third-order valence-corrected chi connectivity index (χ3v) is 4.74. The molecule has 0 fully saturated rings. The maximum Gasteiger partial charge on any atom is 0.305 e. The lowest BCUT2D eigenvalue weighted by atomic mass is 10.1. The number of allylic oxidation sites excluding steroid dienone is 2. The molecule has 0 aliphatic heterocycles. The SMILES string of the molecule is CCCCCCCC/C=C\CCCCCCCC(=O)OCCOP(=O)([O-])[O-]. The Morgan fingerprint density at radius 2 is 1.33 bits per heavy atom. The maximum absolute atomic E-state index is 11.4. The predicted molar refractivity (Wildman–Crippen MR) is 104 cm³/mol. The Kier molecular flexibility index (Phi) is 18.2. The van der Waals surface area contributed by atoms with Gasteiger partial charge in [0.2, 0.25) is 0 Å². The Hall–Kier alpha value is -0.680. The Labute approximate surface area is 165 Å². The van der Waals surface area contributed by atoms with Crippen LogP contribution in [-0.4, -0.2) is 19.2 Å². The fourth-order valence-electron chi connectivity index (χ4n) is 2.72. The highest BCUT2D eigenvalue weighted by molar-refractivity contribution is 7.43. The molecule has 0 spiro atoms. The Bertz CT molecular complexity index is 419. The Morgan fingerprint density at radius 1 is 0.815 bits per heavy atom. The largest absolute Gasteiger partial charge is 0.790 e. The molecule has 0 radical (unpaired) electrons. The number of unbranched alkanes of at least 4 members (excludes halogenated alkanes) is 11. The summed E-state index contributed by atoms with van der Waals surface area (Å²) in [6, 6.07) is 0. The highest BCUT2D eigenvalue weighted by Gasteiger charge is 2.02. The first kappa shape index (κ1) is 26.3. The van der Waals surface area contributed by atoms with Crippen LogP contribution in [0.5, 0.6) is 0 Å². The number of ether oxygens (including phenoxy) is 1. The van der Waals surface area contributed by atoms with E-state index in [1.54, 1.807) is 0 Å². The summed E-state index contributed by atoms with van der Waals surface area (Å²) >= 11 is 0. The zero-order valence-electron chi connectivity index (χ0n) is 16.9. The highest BCUT2D eigenvalue weighted by atomic mass is 31.2. The van der Waals surface area contributed by atoms with Crippen molar-refractivity contribution < 1.29 is 28.4 Å². The molecule has 0 aromatic rings. The topological polar surface area (TPSA) is 98.7 Å². The van der Waals surface area contributed by atoms with Gasteiger partial charge >= 0.3 is 5.97 Å². The fraction of sp³-hybridized carbons (Fsp3) is 0.850. The van der Waals surface area contributed by atoms with Gasteiger partial charge in [-0.15, -0.1) is 0 Å². The normalized spacial score (nSPS) is 12.0. The fourth-order valence-corrected chi connectivity index (χ4v) is 3.01. The second kappa shape index (κ2) is 18.7. The van der Waals surface area contributed by atoms with Gasteiger partial charge in [0.25, 0.3) is 0 Å². The minimum Gasteiger partial charge on any atom is -0.790 e. The van der Waals surface area contributed by atoms with Crippen molar-refractivity contribution in [1.82, 2.24) is 0 Å². The first-order valence-electron chi connectivity index (χ1n) is 10.4. The lowest BCUT2D eigenvalue weighted by molar-refractivity contribution is -0.342. The molecule has 0 saturated heterocycles. The number of esters is 1. The van der Waals surface area contributed by atoms with Crippen LogP contribution in [0, 0.1) is 0 Å². The van der Waals surface area contributed by atoms with Crippen molar-refractivity contribution in [2.24, 2.45) is 0 Å². The summed E-state index contributed by atoms with van der Waals surface area (Å²) < 4.78 is 19.0. The molecular weight excluding hydrogens is 367 g/mol. The molecule has 0 aromatic carbocycles. The third kappa shape index (κ3) is 23.3. The van der Waals surface area contributed by atoms with E-state index in [2.05, 4.69) is 23.6 Å². The van der Waals surface area contributed by atoms with Crippen LogP contribution in [0.4, 0.5) is 0 Å². The van der Waals surface area contributed by atoms with Crippen molar-refractivity contribution in [1.29, 1.82) is 0 Å². The summed E-state index contributed by atoms with van der Waals surface area (Å²) in [7, 11) is -4.98. The number of phosphoric acid groups is 1. The van der Waals surface area contributed by atoms with E-state index in [0.29, 0.717) is 6.42 Å². The molecule has 0 bridgehead atoms. The van der Waals surface area contributed by atoms with E-state index in [4.69, 9.17) is 4.74 Å².